The Kier molecular flexibility index (Phi) is 3.96. The van der Waals surface area contributed by atoms with Crippen molar-refractivity contribution >= 4 is 39.0 Å². The average Bonchev–Trinajstić information content (AvgIpc) is 2.29. The second kappa shape index (κ2) is 5.29. The van der Waals surface area contributed by atoms with E-state index < -0.39 is 0 Å². The van der Waals surface area contributed by atoms with Gasteiger partial charge in [-0.3, -0.25) is 0 Å². The number of halogens is 1. The zero-order valence-electron chi connectivity index (χ0n) is 9.52. The number of anilines is 1. The van der Waals surface area contributed by atoms with E-state index in [0.717, 1.165) is 22.4 Å². The molecule has 1 fully saturated rings. The Hall–Kier alpha value is -0.720. The number of ether oxygens (including phenoxy) is 1. The van der Waals surface area contributed by atoms with Gasteiger partial charge in [-0.05, 0) is 34.5 Å². The standard InChI is InChI=1S/C11H14BrN3OS/c1-7-4-8(12)11(14-5-7)15-2-3-16-9(6-15)10(13)17/h4-5,9H,2-3,6H2,1H3,(H2,13,17). The number of morpholine rings is 1. The van der Waals surface area contributed by atoms with E-state index in [9.17, 15) is 0 Å². The van der Waals surface area contributed by atoms with Gasteiger partial charge in [0.05, 0.1) is 17.6 Å². The second-order valence-corrected chi connectivity index (χ2v) is 5.35. The molecule has 0 aliphatic carbocycles. The average molecular weight is 316 g/mol. The van der Waals surface area contributed by atoms with Crippen molar-refractivity contribution in [2.45, 2.75) is 13.0 Å². The molecule has 1 saturated heterocycles. The van der Waals surface area contributed by atoms with Gasteiger partial charge < -0.3 is 15.4 Å². The van der Waals surface area contributed by atoms with Crippen LogP contribution in [0.5, 0.6) is 0 Å². The maximum atomic E-state index is 5.62. The summed E-state index contributed by atoms with van der Waals surface area (Å²) >= 11 is 8.50. The van der Waals surface area contributed by atoms with Gasteiger partial charge in [-0.1, -0.05) is 12.2 Å². The van der Waals surface area contributed by atoms with Crippen LogP contribution in [0.2, 0.25) is 0 Å². The summed E-state index contributed by atoms with van der Waals surface area (Å²) in [4.78, 5) is 6.97. The third-order valence-electron chi connectivity index (χ3n) is 2.64. The van der Waals surface area contributed by atoms with Crippen LogP contribution >= 0.6 is 28.1 Å². The summed E-state index contributed by atoms with van der Waals surface area (Å²) in [6.07, 6.45) is 1.67. The largest absolute Gasteiger partial charge is 0.391 e. The van der Waals surface area contributed by atoms with Crippen molar-refractivity contribution in [2.75, 3.05) is 24.6 Å². The van der Waals surface area contributed by atoms with Crippen LogP contribution in [0.3, 0.4) is 0 Å². The number of hydrogen-bond acceptors (Lipinski definition) is 4. The van der Waals surface area contributed by atoms with Gasteiger partial charge in [0.15, 0.2) is 0 Å². The van der Waals surface area contributed by atoms with Crippen LogP contribution in [-0.2, 0) is 4.74 Å². The summed E-state index contributed by atoms with van der Waals surface area (Å²) < 4.78 is 6.49. The molecule has 1 aliphatic rings. The first-order valence-electron chi connectivity index (χ1n) is 5.36. The van der Waals surface area contributed by atoms with Crippen molar-refractivity contribution in [1.29, 1.82) is 0 Å². The van der Waals surface area contributed by atoms with Crippen LogP contribution in [0.25, 0.3) is 0 Å². The normalized spacial score (nSPS) is 20.4. The molecule has 0 bridgehead atoms. The Bertz CT molecular complexity index is 441. The summed E-state index contributed by atoms with van der Waals surface area (Å²) in [5.41, 5.74) is 6.74. The molecule has 0 aromatic carbocycles. The molecule has 2 N–H and O–H groups in total. The molecule has 92 valence electrons. The van der Waals surface area contributed by atoms with Crippen LogP contribution < -0.4 is 10.6 Å². The van der Waals surface area contributed by atoms with E-state index in [2.05, 4.69) is 25.8 Å². The van der Waals surface area contributed by atoms with Crippen LogP contribution in [0, 0.1) is 6.92 Å². The number of aryl methyl sites for hydroxylation is 1. The van der Waals surface area contributed by atoms with E-state index in [-0.39, 0.29) is 6.10 Å². The maximum Gasteiger partial charge on any atom is 0.143 e. The minimum Gasteiger partial charge on any atom is -0.391 e. The van der Waals surface area contributed by atoms with Gasteiger partial charge in [0, 0.05) is 12.7 Å². The fourth-order valence-corrected chi connectivity index (χ4v) is 2.63. The Morgan fingerprint density at radius 3 is 3.12 bits per heavy atom. The van der Waals surface area contributed by atoms with Crippen LogP contribution in [0.4, 0.5) is 5.82 Å². The van der Waals surface area contributed by atoms with Crippen LogP contribution in [-0.4, -0.2) is 35.8 Å². The van der Waals surface area contributed by atoms with E-state index in [1.165, 1.54) is 0 Å². The molecule has 1 unspecified atom stereocenters. The second-order valence-electron chi connectivity index (χ2n) is 4.03. The zero-order chi connectivity index (χ0) is 12.4. The number of rotatable bonds is 2. The highest BCUT2D eigenvalue weighted by atomic mass is 79.9. The van der Waals surface area contributed by atoms with Crippen molar-refractivity contribution in [2.24, 2.45) is 5.73 Å². The molecule has 4 nitrogen and oxygen atoms in total. The van der Waals surface area contributed by atoms with Gasteiger partial charge >= 0.3 is 0 Å². The molecular formula is C11H14BrN3OS. The first-order valence-corrected chi connectivity index (χ1v) is 6.56. The predicted octanol–water partition coefficient (Wildman–Crippen LogP) is 1.64. The Morgan fingerprint density at radius 2 is 2.47 bits per heavy atom. The molecule has 0 amide bonds. The van der Waals surface area contributed by atoms with Crippen molar-refractivity contribution in [3.63, 3.8) is 0 Å². The number of pyridine rings is 1. The lowest BCUT2D eigenvalue weighted by Crippen LogP contribution is -2.48. The molecule has 6 heteroatoms. The Balaban J connectivity index is 2.19. The molecule has 1 aromatic heterocycles. The summed E-state index contributed by atoms with van der Waals surface area (Å²) in [6, 6.07) is 2.05. The van der Waals surface area contributed by atoms with E-state index in [0.29, 0.717) is 18.1 Å². The quantitative estimate of drug-likeness (QED) is 0.841. The van der Waals surface area contributed by atoms with Crippen molar-refractivity contribution in [1.82, 2.24) is 4.98 Å². The lowest BCUT2D eigenvalue weighted by molar-refractivity contribution is 0.0843. The molecule has 2 heterocycles. The van der Waals surface area contributed by atoms with Gasteiger partial charge in [-0.2, -0.15) is 0 Å². The predicted molar refractivity (Wildman–Crippen MR) is 75.4 cm³/mol. The van der Waals surface area contributed by atoms with Gasteiger partial charge in [-0.25, -0.2) is 4.98 Å². The number of nitrogens with zero attached hydrogens (tertiary/aromatic N) is 2. The number of nitrogens with two attached hydrogens (primary N) is 1. The van der Waals surface area contributed by atoms with E-state index >= 15 is 0 Å². The lowest BCUT2D eigenvalue weighted by atomic mass is 10.2. The fraction of sp³-hybridized carbons (Fsp3) is 0.455. The minimum atomic E-state index is -0.186. The number of hydrogen-bond donors (Lipinski definition) is 1. The third-order valence-corrected chi connectivity index (χ3v) is 3.49. The first-order chi connectivity index (χ1) is 8.08. The molecule has 1 atom stereocenters. The monoisotopic (exact) mass is 315 g/mol. The highest BCUT2D eigenvalue weighted by Crippen LogP contribution is 2.25. The molecule has 17 heavy (non-hydrogen) atoms. The topological polar surface area (TPSA) is 51.4 Å². The third kappa shape index (κ3) is 2.94. The SMILES string of the molecule is Cc1cnc(N2CCOC(C(N)=S)C2)c(Br)c1. The summed E-state index contributed by atoms with van der Waals surface area (Å²) in [5.74, 6) is 0.917. The summed E-state index contributed by atoms with van der Waals surface area (Å²) in [7, 11) is 0. The van der Waals surface area contributed by atoms with Crippen molar-refractivity contribution in [3.05, 3.63) is 22.3 Å². The van der Waals surface area contributed by atoms with Crippen molar-refractivity contribution in [3.8, 4) is 0 Å². The number of aromatic nitrogens is 1. The van der Waals surface area contributed by atoms with Gasteiger partial charge in [-0.15, -0.1) is 0 Å². The molecule has 1 aliphatic heterocycles. The summed E-state index contributed by atoms with van der Waals surface area (Å²) in [5, 5.41) is 0. The van der Waals surface area contributed by atoms with Gasteiger partial charge in [0.2, 0.25) is 0 Å². The molecule has 0 saturated carbocycles. The van der Waals surface area contributed by atoms with Crippen molar-refractivity contribution < 1.29 is 4.74 Å². The maximum absolute atomic E-state index is 5.62. The highest BCUT2D eigenvalue weighted by Gasteiger charge is 2.24. The molecule has 1 aromatic rings. The first kappa shape index (κ1) is 12.7. The van der Waals surface area contributed by atoms with E-state index in [4.69, 9.17) is 22.7 Å². The number of thiocarbonyl (C=S) groups is 1. The molecule has 2 rings (SSSR count). The zero-order valence-corrected chi connectivity index (χ0v) is 11.9. The minimum absolute atomic E-state index is 0.186. The smallest absolute Gasteiger partial charge is 0.143 e. The van der Waals surface area contributed by atoms with Gasteiger partial charge in [0.1, 0.15) is 16.9 Å². The van der Waals surface area contributed by atoms with Gasteiger partial charge in [0.25, 0.3) is 0 Å². The van der Waals surface area contributed by atoms with Crippen LogP contribution in [0.1, 0.15) is 5.56 Å². The Morgan fingerprint density at radius 1 is 1.71 bits per heavy atom. The molecular weight excluding hydrogens is 302 g/mol. The Labute approximate surface area is 114 Å². The lowest BCUT2D eigenvalue weighted by Gasteiger charge is -2.33. The highest BCUT2D eigenvalue weighted by molar-refractivity contribution is 9.10. The summed E-state index contributed by atoms with van der Waals surface area (Å²) in [6.45, 7) is 4.08. The van der Waals surface area contributed by atoms with E-state index in [1.807, 2.05) is 19.2 Å². The van der Waals surface area contributed by atoms with Crippen LogP contribution in [0.15, 0.2) is 16.7 Å². The molecule has 0 spiro atoms. The fourth-order valence-electron chi connectivity index (χ4n) is 1.77. The van der Waals surface area contributed by atoms with E-state index in [1.54, 1.807) is 0 Å². The molecule has 0 radical (unpaired) electrons.